The monoisotopic (exact) mass is 311 g/mol. The third kappa shape index (κ3) is 3.65. The minimum absolute atomic E-state index is 0.150. The molecular formula is C16H25NO3S. The Morgan fingerprint density at radius 3 is 2.57 bits per heavy atom. The van der Waals surface area contributed by atoms with Crippen molar-refractivity contribution in [1.29, 1.82) is 0 Å². The highest BCUT2D eigenvalue weighted by Crippen LogP contribution is 2.31. The van der Waals surface area contributed by atoms with Gasteiger partial charge in [-0.25, -0.2) is 13.1 Å². The maximum atomic E-state index is 12.5. The van der Waals surface area contributed by atoms with E-state index in [1.807, 2.05) is 19.9 Å². The summed E-state index contributed by atoms with van der Waals surface area (Å²) < 4.78 is 27.8. The highest BCUT2D eigenvalue weighted by Gasteiger charge is 2.26. The van der Waals surface area contributed by atoms with Gasteiger partial charge in [0.05, 0.1) is 11.5 Å². The van der Waals surface area contributed by atoms with Gasteiger partial charge in [0.2, 0.25) is 10.0 Å². The molecule has 21 heavy (non-hydrogen) atoms. The lowest BCUT2D eigenvalue weighted by Gasteiger charge is -2.17. The van der Waals surface area contributed by atoms with Gasteiger partial charge in [0, 0.05) is 6.54 Å². The van der Waals surface area contributed by atoms with Crippen molar-refractivity contribution in [2.75, 3.05) is 6.54 Å². The molecule has 2 unspecified atom stereocenters. The van der Waals surface area contributed by atoms with Crippen LogP contribution in [0.15, 0.2) is 17.0 Å². The van der Waals surface area contributed by atoms with Crippen molar-refractivity contribution < 1.29 is 13.5 Å². The molecule has 2 N–H and O–H groups in total. The van der Waals surface area contributed by atoms with Gasteiger partial charge in [-0.2, -0.15) is 0 Å². The second-order valence-electron chi connectivity index (χ2n) is 6.21. The van der Waals surface area contributed by atoms with Gasteiger partial charge < -0.3 is 5.11 Å². The van der Waals surface area contributed by atoms with Crippen LogP contribution in [0.2, 0.25) is 0 Å². The zero-order valence-electron chi connectivity index (χ0n) is 13.0. The van der Waals surface area contributed by atoms with Crippen molar-refractivity contribution >= 4 is 10.0 Å². The van der Waals surface area contributed by atoms with E-state index in [-0.39, 0.29) is 11.5 Å². The Morgan fingerprint density at radius 1 is 1.29 bits per heavy atom. The van der Waals surface area contributed by atoms with Gasteiger partial charge in [0.25, 0.3) is 0 Å². The predicted octanol–water partition coefficient (Wildman–Crippen LogP) is 2.51. The quantitative estimate of drug-likeness (QED) is 0.878. The number of aliphatic hydroxyl groups is 1. The van der Waals surface area contributed by atoms with E-state index in [0.29, 0.717) is 23.9 Å². The summed E-state index contributed by atoms with van der Waals surface area (Å²) in [6, 6.07) is 3.40. The smallest absolute Gasteiger partial charge is 0.240 e. The Bertz CT molecular complexity index is 610. The van der Waals surface area contributed by atoms with Crippen molar-refractivity contribution in [3.05, 3.63) is 28.8 Å². The zero-order valence-corrected chi connectivity index (χ0v) is 13.8. The van der Waals surface area contributed by atoms with E-state index >= 15 is 0 Å². The van der Waals surface area contributed by atoms with Gasteiger partial charge in [-0.15, -0.1) is 0 Å². The van der Waals surface area contributed by atoms with Crippen LogP contribution in [0.3, 0.4) is 0 Å². The lowest BCUT2D eigenvalue weighted by atomic mass is 9.99. The first kappa shape index (κ1) is 16.5. The molecule has 1 saturated carbocycles. The molecule has 4 nitrogen and oxygen atoms in total. The van der Waals surface area contributed by atoms with E-state index in [2.05, 4.69) is 11.6 Å². The molecule has 118 valence electrons. The van der Waals surface area contributed by atoms with Crippen molar-refractivity contribution in [2.45, 2.75) is 51.5 Å². The normalized spacial score (nSPS) is 22.7. The van der Waals surface area contributed by atoms with E-state index in [1.54, 1.807) is 6.07 Å². The number of benzene rings is 1. The van der Waals surface area contributed by atoms with Gasteiger partial charge in [-0.05, 0) is 54.9 Å². The molecule has 0 aromatic heterocycles. The molecule has 1 aliphatic rings. The van der Waals surface area contributed by atoms with Crippen LogP contribution in [0.25, 0.3) is 0 Å². The fourth-order valence-corrected chi connectivity index (χ4v) is 4.55. The molecule has 2 atom stereocenters. The molecule has 0 amide bonds. The Hall–Kier alpha value is -0.910. The van der Waals surface area contributed by atoms with E-state index in [0.717, 1.165) is 17.5 Å². The lowest BCUT2D eigenvalue weighted by molar-refractivity contribution is 0.281. The number of sulfonamides is 1. The molecule has 0 radical (unpaired) electrons. The molecule has 0 heterocycles. The molecule has 0 saturated heterocycles. The molecule has 2 rings (SSSR count). The number of rotatable bonds is 5. The van der Waals surface area contributed by atoms with E-state index in [9.17, 15) is 13.5 Å². The van der Waals surface area contributed by atoms with E-state index in [4.69, 9.17) is 0 Å². The van der Waals surface area contributed by atoms with Crippen LogP contribution in [0.5, 0.6) is 0 Å². The zero-order chi connectivity index (χ0) is 15.6. The molecule has 1 aromatic rings. The average Bonchev–Trinajstić information content (AvgIpc) is 2.84. The second-order valence-corrected chi connectivity index (χ2v) is 7.95. The summed E-state index contributed by atoms with van der Waals surface area (Å²) in [5, 5.41) is 9.27. The molecule has 1 aliphatic carbocycles. The first-order valence-electron chi connectivity index (χ1n) is 7.56. The molecule has 0 aliphatic heterocycles. The van der Waals surface area contributed by atoms with Crippen LogP contribution in [-0.2, 0) is 16.6 Å². The Kier molecular flexibility index (Phi) is 5.07. The summed E-state index contributed by atoms with van der Waals surface area (Å²) in [5.74, 6) is 1.02. The van der Waals surface area contributed by atoms with Crippen LogP contribution in [0, 0.1) is 25.7 Å². The van der Waals surface area contributed by atoms with Crippen LogP contribution >= 0.6 is 0 Å². The largest absolute Gasteiger partial charge is 0.392 e. The Balaban J connectivity index is 2.21. The number of hydrogen-bond acceptors (Lipinski definition) is 3. The van der Waals surface area contributed by atoms with Crippen molar-refractivity contribution in [2.24, 2.45) is 11.8 Å². The van der Waals surface area contributed by atoms with Gasteiger partial charge in [-0.1, -0.05) is 25.8 Å². The number of nitrogens with one attached hydrogen (secondary N) is 1. The topological polar surface area (TPSA) is 66.4 Å². The summed E-state index contributed by atoms with van der Waals surface area (Å²) in [7, 11) is -3.52. The molecular weight excluding hydrogens is 286 g/mol. The van der Waals surface area contributed by atoms with E-state index in [1.165, 1.54) is 12.8 Å². The van der Waals surface area contributed by atoms with Crippen molar-refractivity contribution in [3.8, 4) is 0 Å². The number of hydrogen-bond donors (Lipinski definition) is 2. The maximum absolute atomic E-state index is 12.5. The summed E-state index contributed by atoms with van der Waals surface area (Å²) in [4.78, 5) is 0.289. The van der Waals surface area contributed by atoms with Crippen molar-refractivity contribution in [3.63, 3.8) is 0 Å². The average molecular weight is 311 g/mol. The van der Waals surface area contributed by atoms with Crippen LogP contribution in [0.4, 0.5) is 0 Å². The highest BCUT2D eigenvalue weighted by atomic mass is 32.2. The Morgan fingerprint density at radius 2 is 2.00 bits per heavy atom. The Labute approximate surface area is 127 Å². The number of aryl methyl sites for hydroxylation is 1. The van der Waals surface area contributed by atoms with E-state index < -0.39 is 10.0 Å². The minimum atomic E-state index is -3.52. The lowest BCUT2D eigenvalue weighted by Crippen LogP contribution is -2.31. The molecule has 0 bridgehead atoms. The number of aliphatic hydroxyl groups excluding tert-OH is 1. The molecule has 1 fully saturated rings. The summed E-state index contributed by atoms with van der Waals surface area (Å²) in [6.45, 7) is 6.22. The summed E-state index contributed by atoms with van der Waals surface area (Å²) >= 11 is 0. The third-order valence-electron chi connectivity index (χ3n) is 4.73. The fraction of sp³-hybridized carbons (Fsp3) is 0.625. The van der Waals surface area contributed by atoms with Crippen LogP contribution < -0.4 is 4.72 Å². The van der Waals surface area contributed by atoms with Crippen molar-refractivity contribution in [1.82, 2.24) is 4.72 Å². The summed E-state index contributed by atoms with van der Waals surface area (Å²) in [6.07, 6.45) is 3.47. The minimum Gasteiger partial charge on any atom is -0.392 e. The SMILES string of the molecule is Cc1cc(CO)cc(S(=O)(=O)NCC2CCCC2C)c1C. The second kappa shape index (κ2) is 6.46. The van der Waals surface area contributed by atoms with Gasteiger partial charge in [0.1, 0.15) is 0 Å². The first-order valence-corrected chi connectivity index (χ1v) is 9.04. The van der Waals surface area contributed by atoms with Gasteiger partial charge in [0.15, 0.2) is 0 Å². The summed E-state index contributed by atoms with van der Waals surface area (Å²) in [5.41, 5.74) is 2.27. The third-order valence-corrected chi connectivity index (χ3v) is 6.28. The molecule has 1 aromatic carbocycles. The maximum Gasteiger partial charge on any atom is 0.240 e. The molecule has 0 spiro atoms. The highest BCUT2D eigenvalue weighted by molar-refractivity contribution is 7.89. The van der Waals surface area contributed by atoms with Crippen LogP contribution in [-0.4, -0.2) is 20.1 Å². The van der Waals surface area contributed by atoms with Crippen LogP contribution in [0.1, 0.15) is 42.9 Å². The van der Waals surface area contributed by atoms with Gasteiger partial charge in [-0.3, -0.25) is 0 Å². The fourth-order valence-electron chi connectivity index (χ4n) is 3.09. The molecule has 5 heteroatoms. The van der Waals surface area contributed by atoms with Gasteiger partial charge >= 0.3 is 0 Å². The predicted molar refractivity (Wildman–Crippen MR) is 83.5 cm³/mol. The first-order chi connectivity index (χ1) is 9.85. The standard InChI is InChI=1S/C16H25NO3S/c1-11-5-4-6-15(11)9-17-21(19,20)16-8-14(10-18)7-12(2)13(16)3/h7-8,11,15,17-18H,4-6,9-10H2,1-3H3.